The zero-order valence-corrected chi connectivity index (χ0v) is 39.7. The monoisotopic (exact) mass is 841 g/mol. The van der Waals surface area contributed by atoms with Crippen LogP contribution in [0.15, 0.2) is 0 Å². The fourth-order valence-electron chi connectivity index (χ4n) is 7.43. The standard InChI is InChI=1S/C50H97NO8/c1-6-8-10-12-14-15-16-17-18-19-20-21-22-23-24-25-26-27-28-29-30-31-32-33-35-37-39-41-48(53)59-46(44-57-47(52)40-38-36-34-13-11-9-7-2)45-58-50(49(54)55)56-43-42-51(3,4)5/h46,50H,6-45H2,1-5H3/p+1. The maximum atomic E-state index is 12.8. The molecule has 0 rings (SSSR count). The van der Waals surface area contributed by atoms with E-state index in [1.807, 2.05) is 21.1 Å². The Morgan fingerprint density at radius 3 is 1.08 bits per heavy atom. The normalized spacial score (nSPS) is 12.8. The lowest BCUT2D eigenvalue weighted by Crippen LogP contribution is -2.40. The maximum Gasteiger partial charge on any atom is 0.361 e. The summed E-state index contributed by atoms with van der Waals surface area (Å²) in [4.78, 5) is 37.0. The van der Waals surface area contributed by atoms with Crippen molar-refractivity contribution in [1.82, 2.24) is 0 Å². The molecular weight excluding hydrogens is 743 g/mol. The SMILES string of the molecule is CCCCCCCCCCCCCCCCCCCCCCCCCCCCCC(=O)OC(COC(=O)CCCCCCCCC)COC(OCC[N+](C)(C)C)C(=O)O. The van der Waals surface area contributed by atoms with E-state index >= 15 is 0 Å². The number of esters is 2. The number of hydrogen-bond acceptors (Lipinski definition) is 7. The molecule has 0 radical (unpaired) electrons. The minimum Gasteiger partial charge on any atom is -0.477 e. The largest absolute Gasteiger partial charge is 0.477 e. The van der Waals surface area contributed by atoms with Gasteiger partial charge in [0.15, 0.2) is 6.10 Å². The summed E-state index contributed by atoms with van der Waals surface area (Å²) in [7, 11) is 5.96. The van der Waals surface area contributed by atoms with Crippen LogP contribution in [-0.4, -0.2) is 87.4 Å². The van der Waals surface area contributed by atoms with Crippen molar-refractivity contribution in [3.05, 3.63) is 0 Å². The Kier molecular flexibility index (Phi) is 41.7. The molecule has 0 heterocycles. The molecule has 2 atom stereocenters. The highest BCUT2D eigenvalue weighted by molar-refractivity contribution is 5.71. The van der Waals surface area contributed by atoms with E-state index in [-0.39, 0.29) is 38.2 Å². The maximum absolute atomic E-state index is 12.8. The van der Waals surface area contributed by atoms with Gasteiger partial charge in [-0.15, -0.1) is 0 Å². The minimum absolute atomic E-state index is 0.175. The highest BCUT2D eigenvalue weighted by Crippen LogP contribution is 2.17. The smallest absolute Gasteiger partial charge is 0.361 e. The molecule has 0 amide bonds. The Hall–Kier alpha value is -1.71. The van der Waals surface area contributed by atoms with Gasteiger partial charge in [-0.1, -0.05) is 219 Å². The summed E-state index contributed by atoms with van der Waals surface area (Å²) < 4.78 is 22.7. The van der Waals surface area contributed by atoms with E-state index in [0.29, 0.717) is 17.4 Å². The third-order valence-corrected chi connectivity index (χ3v) is 11.4. The van der Waals surface area contributed by atoms with Crippen molar-refractivity contribution in [2.24, 2.45) is 0 Å². The number of aliphatic carboxylic acids is 1. The van der Waals surface area contributed by atoms with E-state index in [2.05, 4.69) is 13.8 Å². The second kappa shape index (κ2) is 43.0. The van der Waals surface area contributed by atoms with Gasteiger partial charge < -0.3 is 28.5 Å². The van der Waals surface area contributed by atoms with Crippen molar-refractivity contribution in [3.63, 3.8) is 0 Å². The van der Waals surface area contributed by atoms with Crippen LogP contribution in [0.2, 0.25) is 0 Å². The molecule has 9 heteroatoms. The van der Waals surface area contributed by atoms with Crippen LogP contribution in [0.3, 0.4) is 0 Å². The lowest BCUT2D eigenvalue weighted by molar-refractivity contribution is -0.870. The molecule has 0 aliphatic heterocycles. The number of carboxylic acid groups (broad SMARTS) is 1. The number of rotatable bonds is 47. The van der Waals surface area contributed by atoms with Gasteiger partial charge in [0.25, 0.3) is 6.29 Å². The highest BCUT2D eigenvalue weighted by Gasteiger charge is 2.25. The first kappa shape index (κ1) is 57.3. The summed E-state index contributed by atoms with van der Waals surface area (Å²) in [6, 6.07) is 0. The number of nitrogens with zero attached hydrogens (tertiary/aromatic N) is 1. The van der Waals surface area contributed by atoms with Crippen molar-refractivity contribution < 1.29 is 42.9 Å². The summed E-state index contributed by atoms with van der Waals surface area (Å²) in [5.74, 6) is -1.99. The van der Waals surface area contributed by atoms with Crippen molar-refractivity contribution in [2.45, 2.75) is 257 Å². The lowest BCUT2D eigenvalue weighted by atomic mass is 10.0. The fourth-order valence-corrected chi connectivity index (χ4v) is 7.43. The van der Waals surface area contributed by atoms with E-state index in [1.165, 1.54) is 180 Å². The summed E-state index contributed by atoms with van der Waals surface area (Å²) in [5, 5.41) is 9.61. The van der Waals surface area contributed by atoms with Crippen LogP contribution in [0.4, 0.5) is 0 Å². The van der Waals surface area contributed by atoms with Gasteiger partial charge in [-0.25, -0.2) is 4.79 Å². The van der Waals surface area contributed by atoms with Gasteiger partial charge in [0.2, 0.25) is 0 Å². The third kappa shape index (κ3) is 44.2. The van der Waals surface area contributed by atoms with Crippen molar-refractivity contribution in [2.75, 3.05) is 47.5 Å². The molecule has 59 heavy (non-hydrogen) atoms. The highest BCUT2D eigenvalue weighted by atomic mass is 16.7. The van der Waals surface area contributed by atoms with Crippen molar-refractivity contribution >= 4 is 17.9 Å². The number of quaternary nitrogens is 1. The second-order valence-corrected chi connectivity index (χ2v) is 18.5. The first-order chi connectivity index (χ1) is 28.6. The van der Waals surface area contributed by atoms with Gasteiger partial charge in [0.1, 0.15) is 13.2 Å². The molecule has 0 spiro atoms. The molecule has 0 aromatic heterocycles. The van der Waals surface area contributed by atoms with Crippen LogP contribution in [0.1, 0.15) is 245 Å². The molecule has 0 aromatic rings. The van der Waals surface area contributed by atoms with Gasteiger partial charge in [0.05, 0.1) is 34.4 Å². The number of carbonyl (C=O) groups is 3. The van der Waals surface area contributed by atoms with E-state index in [9.17, 15) is 19.5 Å². The molecular formula is C50H98NO8+. The average Bonchev–Trinajstić information content (AvgIpc) is 3.19. The van der Waals surface area contributed by atoms with Crippen LogP contribution in [0, 0.1) is 0 Å². The summed E-state index contributed by atoms with van der Waals surface area (Å²) in [5.41, 5.74) is 0. The average molecular weight is 841 g/mol. The van der Waals surface area contributed by atoms with Crippen LogP contribution >= 0.6 is 0 Å². The van der Waals surface area contributed by atoms with Gasteiger partial charge in [-0.05, 0) is 12.8 Å². The Bertz CT molecular complexity index is 938. The van der Waals surface area contributed by atoms with Gasteiger partial charge in [-0.3, -0.25) is 9.59 Å². The Morgan fingerprint density at radius 1 is 0.441 bits per heavy atom. The van der Waals surface area contributed by atoms with Crippen LogP contribution in [0.25, 0.3) is 0 Å². The molecule has 350 valence electrons. The quantitative estimate of drug-likeness (QED) is 0.0279. The minimum atomic E-state index is -1.50. The molecule has 0 fully saturated rings. The Morgan fingerprint density at radius 2 is 0.763 bits per heavy atom. The molecule has 0 aliphatic carbocycles. The second-order valence-electron chi connectivity index (χ2n) is 18.5. The third-order valence-electron chi connectivity index (χ3n) is 11.4. The van der Waals surface area contributed by atoms with Crippen LogP contribution < -0.4 is 0 Å². The van der Waals surface area contributed by atoms with E-state index < -0.39 is 18.4 Å². The van der Waals surface area contributed by atoms with Gasteiger partial charge >= 0.3 is 17.9 Å². The topological polar surface area (TPSA) is 108 Å². The predicted molar refractivity (Wildman–Crippen MR) is 245 cm³/mol. The molecule has 0 saturated heterocycles. The van der Waals surface area contributed by atoms with Crippen LogP contribution in [-0.2, 0) is 33.3 Å². The van der Waals surface area contributed by atoms with Gasteiger partial charge in [-0.2, -0.15) is 0 Å². The first-order valence-electron chi connectivity index (χ1n) is 25.2. The number of hydrogen-bond donors (Lipinski definition) is 1. The summed E-state index contributed by atoms with van der Waals surface area (Å²) in [6.07, 6.45) is 42.1. The molecule has 0 saturated carbocycles. The van der Waals surface area contributed by atoms with Crippen LogP contribution in [0.5, 0.6) is 0 Å². The zero-order valence-electron chi connectivity index (χ0n) is 39.7. The number of unbranched alkanes of at least 4 members (excludes halogenated alkanes) is 32. The molecule has 1 N–H and O–H groups in total. The molecule has 9 nitrogen and oxygen atoms in total. The molecule has 2 unspecified atom stereocenters. The summed E-state index contributed by atoms with van der Waals surface area (Å²) in [6.45, 7) is 4.86. The van der Waals surface area contributed by atoms with Gasteiger partial charge in [0, 0.05) is 12.8 Å². The first-order valence-corrected chi connectivity index (χ1v) is 25.2. The van der Waals surface area contributed by atoms with Crippen molar-refractivity contribution in [1.29, 1.82) is 0 Å². The Balaban J connectivity index is 4.03. The number of carbonyl (C=O) groups excluding carboxylic acids is 2. The molecule has 0 aliphatic rings. The van der Waals surface area contributed by atoms with E-state index in [4.69, 9.17) is 18.9 Å². The van der Waals surface area contributed by atoms with E-state index in [1.54, 1.807) is 0 Å². The number of ether oxygens (including phenoxy) is 4. The fraction of sp³-hybridized carbons (Fsp3) is 0.940. The number of carboxylic acids is 1. The number of likely N-dealkylation sites (N-methyl/N-ethyl adjacent to an activating group) is 1. The lowest BCUT2D eigenvalue weighted by Gasteiger charge is -2.25. The molecule has 0 bridgehead atoms. The van der Waals surface area contributed by atoms with E-state index in [0.717, 1.165) is 38.5 Å². The molecule has 0 aromatic carbocycles. The summed E-state index contributed by atoms with van der Waals surface area (Å²) >= 11 is 0. The Labute approximate surface area is 364 Å². The predicted octanol–water partition coefficient (Wildman–Crippen LogP) is 13.7. The van der Waals surface area contributed by atoms with Crippen molar-refractivity contribution in [3.8, 4) is 0 Å². The zero-order chi connectivity index (χ0) is 43.5.